The third-order valence-corrected chi connectivity index (χ3v) is 4.33. The highest BCUT2D eigenvalue weighted by Gasteiger charge is 2.44. The Morgan fingerprint density at radius 2 is 1.96 bits per heavy atom. The molecule has 1 saturated heterocycles. The van der Waals surface area contributed by atoms with Gasteiger partial charge in [-0.3, -0.25) is 9.69 Å². The second-order valence-electron chi connectivity index (χ2n) is 6.78. The van der Waals surface area contributed by atoms with Crippen LogP contribution in [0.4, 0.5) is 4.79 Å². The molecule has 2 unspecified atom stereocenters. The maximum absolute atomic E-state index is 12.1. The van der Waals surface area contributed by atoms with Crippen LogP contribution in [0.2, 0.25) is 0 Å². The average Bonchev–Trinajstić information content (AvgIpc) is 2.74. The first-order valence-corrected chi connectivity index (χ1v) is 8.30. The van der Waals surface area contributed by atoms with E-state index in [2.05, 4.69) is 19.2 Å². The summed E-state index contributed by atoms with van der Waals surface area (Å²) in [5, 5.41) is 12.8. The predicted molar refractivity (Wildman–Crippen MR) is 91.0 cm³/mol. The van der Waals surface area contributed by atoms with Crippen molar-refractivity contribution in [1.82, 2.24) is 10.2 Å². The molecule has 1 aliphatic rings. The van der Waals surface area contributed by atoms with Gasteiger partial charge in [-0.05, 0) is 37.8 Å². The molecule has 1 aromatic carbocycles. The number of nitrogens with zero attached hydrogens (tertiary/aromatic N) is 1. The van der Waals surface area contributed by atoms with Crippen LogP contribution in [-0.2, 0) is 4.79 Å². The number of β-amino-alcohol motifs (C(OH)–C–C–N with tert-alkyl or cyclic N) is 1. The summed E-state index contributed by atoms with van der Waals surface area (Å²) in [4.78, 5) is 25.0. The minimum atomic E-state index is -0.946. The predicted octanol–water partition coefficient (Wildman–Crippen LogP) is 2.27. The van der Waals surface area contributed by atoms with Gasteiger partial charge in [0.1, 0.15) is 24.0 Å². The van der Waals surface area contributed by atoms with Crippen molar-refractivity contribution in [1.29, 1.82) is 0 Å². The van der Waals surface area contributed by atoms with E-state index in [-0.39, 0.29) is 19.1 Å². The highest BCUT2D eigenvalue weighted by Crippen LogP contribution is 2.28. The fourth-order valence-electron chi connectivity index (χ4n) is 2.67. The highest BCUT2D eigenvalue weighted by atomic mass is 16.5. The van der Waals surface area contributed by atoms with Gasteiger partial charge in [0.2, 0.25) is 0 Å². The Morgan fingerprint density at radius 3 is 2.54 bits per heavy atom. The maximum atomic E-state index is 12.1. The summed E-state index contributed by atoms with van der Waals surface area (Å²) in [6, 6.07) is 7.23. The Bertz CT molecular complexity index is 615. The first kappa shape index (κ1) is 18.3. The number of hydrogen-bond acceptors (Lipinski definition) is 4. The van der Waals surface area contributed by atoms with Crippen LogP contribution in [0.15, 0.2) is 24.3 Å². The van der Waals surface area contributed by atoms with Crippen molar-refractivity contribution < 1.29 is 19.4 Å². The van der Waals surface area contributed by atoms with Crippen LogP contribution in [0.1, 0.15) is 45.6 Å². The highest BCUT2D eigenvalue weighted by molar-refractivity contribution is 6.06. The van der Waals surface area contributed by atoms with E-state index in [4.69, 9.17) is 4.74 Å². The van der Waals surface area contributed by atoms with Crippen molar-refractivity contribution in [2.45, 2.75) is 51.7 Å². The van der Waals surface area contributed by atoms with Gasteiger partial charge < -0.3 is 15.2 Å². The molecule has 0 aromatic heterocycles. The molecule has 1 aliphatic heterocycles. The summed E-state index contributed by atoms with van der Waals surface area (Å²) in [5.74, 6) is 0.736. The SMILES string of the molecule is CCC(C)c1ccccc1OCC(O)CN1C(=O)NC(C)(C)C1=O. The number of hydrogen-bond donors (Lipinski definition) is 2. The lowest BCUT2D eigenvalue weighted by Crippen LogP contribution is -2.42. The van der Waals surface area contributed by atoms with Gasteiger partial charge >= 0.3 is 6.03 Å². The van der Waals surface area contributed by atoms with Crippen LogP contribution in [0.25, 0.3) is 0 Å². The number of ether oxygens (including phenoxy) is 1. The molecule has 6 heteroatoms. The third kappa shape index (κ3) is 3.87. The fourth-order valence-corrected chi connectivity index (χ4v) is 2.67. The van der Waals surface area contributed by atoms with E-state index in [1.54, 1.807) is 13.8 Å². The van der Waals surface area contributed by atoms with Gasteiger partial charge in [-0.25, -0.2) is 4.79 Å². The summed E-state index contributed by atoms with van der Waals surface area (Å²) in [6.45, 7) is 7.44. The summed E-state index contributed by atoms with van der Waals surface area (Å²) < 4.78 is 5.73. The van der Waals surface area contributed by atoms with Crippen LogP contribution in [0.3, 0.4) is 0 Å². The molecule has 2 atom stereocenters. The Labute approximate surface area is 142 Å². The number of benzene rings is 1. The molecule has 1 fully saturated rings. The van der Waals surface area contributed by atoms with E-state index in [9.17, 15) is 14.7 Å². The van der Waals surface area contributed by atoms with Crippen molar-refractivity contribution in [2.24, 2.45) is 0 Å². The molecule has 1 aromatic rings. The Kier molecular flexibility index (Phi) is 5.49. The monoisotopic (exact) mass is 334 g/mol. The first-order chi connectivity index (χ1) is 11.3. The van der Waals surface area contributed by atoms with Gasteiger partial charge in [0.25, 0.3) is 5.91 Å². The van der Waals surface area contributed by atoms with E-state index >= 15 is 0 Å². The van der Waals surface area contributed by atoms with Gasteiger partial charge in [-0.2, -0.15) is 0 Å². The molecule has 0 spiro atoms. The lowest BCUT2D eigenvalue weighted by molar-refractivity contribution is -0.131. The van der Waals surface area contributed by atoms with Crippen LogP contribution < -0.4 is 10.1 Å². The van der Waals surface area contributed by atoms with Crippen LogP contribution in [-0.4, -0.2) is 46.7 Å². The average molecular weight is 334 g/mol. The lowest BCUT2D eigenvalue weighted by Gasteiger charge is -2.21. The number of amides is 3. The zero-order valence-corrected chi connectivity index (χ0v) is 14.7. The molecule has 6 nitrogen and oxygen atoms in total. The van der Waals surface area contributed by atoms with Crippen molar-refractivity contribution in [2.75, 3.05) is 13.2 Å². The number of rotatable bonds is 7. The number of imide groups is 1. The molecule has 0 radical (unpaired) electrons. The number of nitrogens with one attached hydrogen (secondary N) is 1. The Hall–Kier alpha value is -2.08. The molecular formula is C18H26N2O4. The van der Waals surface area contributed by atoms with Crippen LogP contribution >= 0.6 is 0 Å². The van der Waals surface area contributed by atoms with E-state index in [0.717, 1.165) is 22.6 Å². The molecule has 3 amide bonds. The lowest BCUT2D eigenvalue weighted by atomic mass is 9.98. The number of para-hydroxylation sites is 1. The van der Waals surface area contributed by atoms with E-state index in [1.807, 2.05) is 24.3 Å². The molecule has 132 valence electrons. The molecule has 0 saturated carbocycles. The second-order valence-corrected chi connectivity index (χ2v) is 6.78. The van der Waals surface area contributed by atoms with E-state index in [0.29, 0.717) is 5.92 Å². The van der Waals surface area contributed by atoms with Crippen molar-refractivity contribution in [3.63, 3.8) is 0 Å². The fraction of sp³-hybridized carbons (Fsp3) is 0.556. The minimum absolute atomic E-state index is 0.0188. The van der Waals surface area contributed by atoms with E-state index in [1.165, 1.54) is 0 Å². The zero-order chi connectivity index (χ0) is 17.9. The normalized spacial score (nSPS) is 19.1. The molecule has 1 heterocycles. The van der Waals surface area contributed by atoms with Crippen LogP contribution in [0, 0.1) is 0 Å². The molecule has 0 aliphatic carbocycles. The zero-order valence-electron chi connectivity index (χ0n) is 14.7. The minimum Gasteiger partial charge on any atom is -0.491 e. The molecule has 0 bridgehead atoms. The number of carbonyl (C=O) groups excluding carboxylic acids is 2. The number of aliphatic hydroxyl groups is 1. The Balaban J connectivity index is 1.96. The van der Waals surface area contributed by atoms with Gasteiger partial charge in [0.05, 0.1) is 6.54 Å². The van der Waals surface area contributed by atoms with Crippen molar-refractivity contribution in [3.05, 3.63) is 29.8 Å². The molecular weight excluding hydrogens is 308 g/mol. The quantitative estimate of drug-likeness (QED) is 0.750. The third-order valence-electron chi connectivity index (χ3n) is 4.33. The summed E-state index contributed by atoms with van der Waals surface area (Å²) in [6.07, 6.45) is 0.0408. The van der Waals surface area contributed by atoms with E-state index < -0.39 is 17.7 Å². The van der Waals surface area contributed by atoms with Gasteiger partial charge in [0, 0.05) is 0 Å². The van der Waals surface area contributed by atoms with Gasteiger partial charge in [-0.1, -0.05) is 32.0 Å². The second kappa shape index (κ2) is 7.21. The Morgan fingerprint density at radius 1 is 1.29 bits per heavy atom. The summed E-state index contributed by atoms with van der Waals surface area (Å²) in [7, 11) is 0. The molecule has 2 N–H and O–H groups in total. The number of aliphatic hydroxyl groups excluding tert-OH is 1. The maximum Gasteiger partial charge on any atom is 0.325 e. The summed E-state index contributed by atoms with van der Waals surface area (Å²) >= 11 is 0. The van der Waals surface area contributed by atoms with Gasteiger partial charge in [0.15, 0.2) is 0 Å². The summed E-state index contributed by atoms with van der Waals surface area (Å²) in [5.41, 5.74) is 0.157. The standard InChI is InChI=1S/C18H26N2O4/c1-5-12(2)14-8-6-7-9-15(14)24-11-13(21)10-20-16(22)18(3,4)19-17(20)23/h6-9,12-13,21H,5,10-11H2,1-4H3,(H,19,23). The first-order valence-electron chi connectivity index (χ1n) is 8.30. The smallest absolute Gasteiger partial charge is 0.325 e. The van der Waals surface area contributed by atoms with Crippen molar-refractivity contribution >= 4 is 11.9 Å². The van der Waals surface area contributed by atoms with Crippen molar-refractivity contribution in [3.8, 4) is 5.75 Å². The molecule has 2 rings (SSSR count). The molecule has 24 heavy (non-hydrogen) atoms. The van der Waals surface area contributed by atoms with Crippen LogP contribution in [0.5, 0.6) is 5.75 Å². The van der Waals surface area contributed by atoms with Gasteiger partial charge in [-0.15, -0.1) is 0 Å². The largest absolute Gasteiger partial charge is 0.491 e. The number of urea groups is 1. The number of carbonyl (C=O) groups is 2. The topological polar surface area (TPSA) is 78.9 Å².